The molecule has 5 heteroatoms. The first-order valence-corrected chi connectivity index (χ1v) is 8.58. The van der Waals surface area contributed by atoms with E-state index in [2.05, 4.69) is 43.1 Å². The molecule has 0 bridgehead atoms. The van der Waals surface area contributed by atoms with Crippen molar-refractivity contribution in [3.05, 3.63) is 29.8 Å². The molecule has 1 fully saturated rings. The van der Waals surface area contributed by atoms with Crippen molar-refractivity contribution in [2.24, 2.45) is 0 Å². The van der Waals surface area contributed by atoms with Crippen molar-refractivity contribution in [2.75, 3.05) is 45.9 Å². The molecule has 2 rings (SSSR count). The van der Waals surface area contributed by atoms with Crippen LogP contribution in [0.4, 0.5) is 4.79 Å². The molecule has 1 aromatic carbocycles. The van der Waals surface area contributed by atoms with Crippen molar-refractivity contribution in [3.63, 3.8) is 0 Å². The lowest BCUT2D eigenvalue weighted by molar-refractivity contribution is 0.142. The van der Waals surface area contributed by atoms with Crippen molar-refractivity contribution in [3.8, 4) is 5.75 Å². The monoisotopic (exact) mass is 319 g/mol. The summed E-state index contributed by atoms with van der Waals surface area (Å²) in [5.74, 6) is 1.35. The van der Waals surface area contributed by atoms with Crippen LogP contribution in [0.2, 0.25) is 0 Å². The van der Waals surface area contributed by atoms with Crippen LogP contribution in [0, 0.1) is 0 Å². The van der Waals surface area contributed by atoms with Gasteiger partial charge in [-0.15, -0.1) is 0 Å². The summed E-state index contributed by atoms with van der Waals surface area (Å²) in [4.78, 5) is 16.3. The van der Waals surface area contributed by atoms with Crippen LogP contribution in [0.15, 0.2) is 24.3 Å². The summed E-state index contributed by atoms with van der Waals surface area (Å²) in [6.45, 7) is 12.1. The van der Waals surface area contributed by atoms with Crippen LogP contribution in [-0.2, 0) is 0 Å². The van der Waals surface area contributed by atoms with Crippen molar-refractivity contribution < 1.29 is 9.53 Å². The predicted octanol–water partition coefficient (Wildman–Crippen LogP) is 2.54. The molecule has 0 atom stereocenters. The largest absolute Gasteiger partial charge is 0.492 e. The lowest BCUT2D eigenvalue weighted by atomic mass is 10.0. The van der Waals surface area contributed by atoms with Crippen LogP contribution in [0.3, 0.4) is 0 Å². The van der Waals surface area contributed by atoms with Gasteiger partial charge in [-0.05, 0) is 30.2 Å². The summed E-state index contributed by atoms with van der Waals surface area (Å²) in [7, 11) is 0. The molecule has 0 aromatic heterocycles. The summed E-state index contributed by atoms with van der Waals surface area (Å²) in [5.41, 5.74) is 1.26. The predicted molar refractivity (Wildman–Crippen MR) is 93.1 cm³/mol. The van der Waals surface area contributed by atoms with E-state index in [1.807, 2.05) is 17.0 Å². The van der Waals surface area contributed by atoms with Gasteiger partial charge in [-0.1, -0.05) is 32.9 Å². The topological polar surface area (TPSA) is 44.8 Å². The molecule has 128 valence electrons. The maximum absolute atomic E-state index is 12.1. The number of hydrogen-bond donors (Lipinski definition) is 1. The molecule has 1 heterocycles. The minimum atomic E-state index is 0.0142. The van der Waals surface area contributed by atoms with Crippen LogP contribution in [0.5, 0.6) is 5.75 Å². The molecule has 1 aliphatic rings. The third-order valence-electron chi connectivity index (χ3n) is 4.28. The van der Waals surface area contributed by atoms with E-state index < -0.39 is 0 Å². The number of hydrogen-bond acceptors (Lipinski definition) is 3. The van der Waals surface area contributed by atoms with E-state index in [1.165, 1.54) is 5.56 Å². The van der Waals surface area contributed by atoms with Crippen molar-refractivity contribution in [2.45, 2.75) is 26.7 Å². The quantitative estimate of drug-likeness (QED) is 0.820. The summed E-state index contributed by atoms with van der Waals surface area (Å²) in [6.07, 6.45) is 0. The number of carbonyl (C=O) groups excluding carboxylic acids is 1. The molecular weight excluding hydrogens is 290 g/mol. The Balaban J connectivity index is 1.67. The maximum Gasteiger partial charge on any atom is 0.317 e. The van der Waals surface area contributed by atoms with E-state index in [-0.39, 0.29) is 6.03 Å². The Morgan fingerprint density at radius 1 is 1.26 bits per heavy atom. The second-order valence-corrected chi connectivity index (χ2v) is 6.23. The van der Waals surface area contributed by atoms with Gasteiger partial charge in [0, 0.05) is 26.2 Å². The lowest BCUT2D eigenvalue weighted by Gasteiger charge is -2.33. The average molecular weight is 319 g/mol. The first-order valence-electron chi connectivity index (χ1n) is 8.58. The highest BCUT2D eigenvalue weighted by Gasteiger charge is 2.19. The average Bonchev–Trinajstić information content (AvgIpc) is 2.59. The lowest BCUT2D eigenvalue weighted by Crippen LogP contribution is -2.52. The van der Waals surface area contributed by atoms with Crippen molar-refractivity contribution in [1.82, 2.24) is 15.1 Å². The number of piperazine rings is 1. The Morgan fingerprint density at radius 2 is 2.00 bits per heavy atom. The van der Waals surface area contributed by atoms with Gasteiger partial charge in [-0.3, -0.25) is 0 Å². The molecule has 0 saturated carbocycles. The normalized spacial score (nSPS) is 15.7. The van der Waals surface area contributed by atoms with Gasteiger partial charge >= 0.3 is 6.03 Å². The fourth-order valence-electron chi connectivity index (χ4n) is 2.67. The Bertz CT molecular complexity index is 497. The van der Waals surface area contributed by atoms with E-state index >= 15 is 0 Å². The van der Waals surface area contributed by atoms with Gasteiger partial charge < -0.3 is 19.9 Å². The fraction of sp³-hybridized carbons (Fsp3) is 0.611. The minimum Gasteiger partial charge on any atom is -0.492 e. The molecular formula is C18H29N3O2. The third-order valence-corrected chi connectivity index (χ3v) is 4.28. The molecule has 1 saturated heterocycles. The number of ether oxygens (including phenoxy) is 1. The van der Waals surface area contributed by atoms with Crippen LogP contribution < -0.4 is 10.1 Å². The molecule has 1 aliphatic heterocycles. The zero-order chi connectivity index (χ0) is 16.7. The van der Waals surface area contributed by atoms with Gasteiger partial charge in [0.05, 0.1) is 6.54 Å². The Hall–Kier alpha value is -1.75. The fourth-order valence-corrected chi connectivity index (χ4v) is 2.67. The second-order valence-electron chi connectivity index (χ2n) is 6.23. The van der Waals surface area contributed by atoms with Crippen LogP contribution in [0.25, 0.3) is 0 Å². The maximum atomic E-state index is 12.1. The van der Waals surface area contributed by atoms with E-state index in [1.54, 1.807) is 0 Å². The van der Waals surface area contributed by atoms with Gasteiger partial charge in [0.15, 0.2) is 0 Å². The number of nitrogens with zero attached hydrogens (tertiary/aromatic N) is 2. The molecule has 0 aliphatic carbocycles. The van der Waals surface area contributed by atoms with Gasteiger partial charge in [0.1, 0.15) is 12.4 Å². The SMILES string of the molecule is CCN1CCN(C(=O)NCCOc2cccc(C(C)C)c2)CC1. The molecule has 5 nitrogen and oxygen atoms in total. The third kappa shape index (κ3) is 5.43. The summed E-state index contributed by atoms with van der Waals surface area (Å²) >= 11 is 0. The minimum absolute atomic E-state index is 0.0142. The number of nitrogens with one attached hydrogen (secondary N) is 1. The van der Waals surface area contributed by atoms with Gasteiger partial charge in [0.25, 0.3) is 0 Å². The molecule has 23 heavy (non-hydrogen) atoms. The van der Waals surface area contributed by atoms with E-state index in [0.29, 0.717) is 19.1 Å². The zero-order valence-electron chi connectivity index (χ0n) is 14.5. The molecule has 1 N–H and O–H groups in total. The molecule has 2 amide bonds. The highest BCUT2D eigenvalue weighted by molar-refractivity contribution is 5.74. The molecule has 0 radical (unpaired) electrons. The van der Waals surface area contributed by atoms with E-state index in [9.17, 15) is 4.79 Å². The van der Waals surface area contributed by atoms with Crippen LogP contribution in [-0.4, -0.2) is 61.7 Å². The van der Waals surface area contributed by atoms with Crippen molar-refractivity contribution >= 4 is 6.03 Å². The first-order chi connectivity index (χ1) is 11.1. The van der Waals surface area contributed by atoms with Gasteiger partial charge in [-0.25, -0.2) is 4.79 Å². The molecule has 1 aromatic rings. The summed E-state index contributed by atoms with van der Waals surface area (Å²) < 4.78 is 5.73. The van der Waals surface area contributed by atoms with Gasteiger partial charge in [0.2, 0.25) is 0 Å². The number of amides is 2. The number of likely N-dealkylation sites (N-methyl/N-ethyl adjacent to an activating group) is 1. The van der Waals surface area contributed by atoms with E-state index in [4.69, 9.17) is 4.74 Å². The van der Waals surface area contributed by atoms with E-state index in [0.717, 1.165) is 38.5 Å². The number of rotatable bonds is 6. The smallest absolute Gasteiger partial charge is 0.317 e. The highest BCUT2D eigenvalue weighted by atomic mass is 16.5. The summed E-state index contributed by atoms with van der Waals surface area (Å²) in [5, 5.41) is 2.94. The number of benzene rings is 1. The molecule has 0 unspecified atom stereocenters. The van der Waals surface area contributed by atoms with Crippen molar-refractivity contribution in [1.29, 1.82) is 0 Å². The van der Waals surface area contributed by atoms with Gasteiger partial charge in [-0.2, -0.15) is 0 Å². The number of urea groups is 1. The second kappa shape index (κ2) is 8.77. The zero-order valence-corrected chi connectivity index (χ0v) is 14.5. The first kappa shape index (κ1) is 17.6. The van der Waals surface area contributed by atoms with Crippen LogP contribution >= 0.6 is 0 Å². The highest BCUT2D eigenvalue weighted by Crippen LogP contribution is 2.19. The Labute approximate surface area is 139 Å². The van der Waals surface area contributed by atoms with Crippen LogP contribution in [0.1, 0.15) is 32.3 Å². The Morgan fingerprint density at radius 3 is 2.65 bits per heavy atom. The number of carbonyl (C=O) groups is 1. The summed E-state index contributed by atoms with van der Waals surface area (Å²) in [6, 6.07) is 8.15. The molecule has 0 spiro atoms. The Kier molecular flexibility index (Phi) is 6.71. The standard InChI is InChI=1S/C18H29N3O2/c1-4-20-9-11-21(12-10-20)18(22)19-8-13-23-17-7-5-6-16(14-17)15(2)3/h5-7,14-15H,4,8-13H2,1-3H3,(H,19,22).